The highest BCUT2D eigenvalue weighted by molar-refractivity contribution is 5.80. The molecule has 278 valence electrons. The number of piperidine rings is 1. The summed E-state index contributed by atoms with van der Waals surface area (Å²) in [4.78, 5) is 51.6. The predicted molar refractivity (Wildman–Crippen MR) is 195 cm³/mol. The van der Waals surface area contributed by atoms with Crippen LogP contribution < -0.4 is 10.1 Å². The van der Waals surface area contributed by atoms with Crippen LogP contribution in [-0.2, 0) is 9.53 Å². The Hall–Kier alpha value is -4.26. The lowest BCUT2D eigenvalue weighted by Crippen LogP contribution is -2.57. The van der Waals surface area contributed by atoms with Crippen LogP contribution in [0.5, 0.6) is 5.88 Å². The van der Waals surface area contributed by atoms with Gasteiger partial charge < -0.3 is 29.2 Å². The number of fused-ring (bicyclic) bond motifs is 1. The number of anilines is 1. The van der Waals surface area contributed by atoms with Crippen molar-refractivity contribution in [2.75, 3.05) is 58.2 Å². The number of carbonyl (C=O) groups excluding carboxylic acids is 3. The lowest BCUT2D eigenvalue weighted by atomic mass is 9.84. The number of hydrogen-bond donors (Lipinski definition) is 1. The Labute approximate surface area is 300 Å². The van der Waals surface area contributed by atoms with Gasteiger partial charge in [0.2, 0.25) is 17.7 Å². The molecule has 6 rings (SSSR count). The van der Waals surface area contributed by atoms with Gasteiger partial charge in [0.05, 0.1) is 11.7 Å². The minimum Gasteiger partial charge on any atom is -0.476 e. The minimum absolute atomic E-state index is 0.00435. The molecule has 13 heteroatoms. The smallest absolute Gasteiger partial charge is 0.410 e. The number of imidazole rings is 1. The Morgan fingerprint density at radius 1 is 1.02 bits per heavy atom. The molecule has 0 radical (unpaired) electrons. The van der Waals surface area contributed by atoms with Crippen molar-refractivity contribution in [3.8, 4) is 5.88 Å². The summed E-state index contributed by atoms with van der Waals surface area (Å²) in [6, 6.07) is 7.56. The number of likely N-dealkylation sites (tertiary alicyclic amines) is 1. The number of benzene rings is 1. The molecule has 3 aliphatic rings. The number of amides is 2. The molecule has 12 nitrogen and oxygen atoms in total. The zero-order chi connectivity index (χ0) is 36.5. The second-order valence-electron chi connectivity index (χ2n) is 14.8. The van der Waals surface area contributed by atoms with E-state index in [0.29, 0.717) is 44.0 Å². The second-order valence-corrected chi connectivity index (χ2v) is 14.8. The molecule has 2 saturated heterocycles. The van der Waals surface area contributed by atoms with Crippen molar-refractivity contribution in [1.29, 1.82) is 0 Å². The average Bonchev–Trinajstić information content (AvgIpc) is 3.49. The second kappa shape index (κ2) is 17.3. The van der Waals surface area contributed by atoms with Crippen LogP contribution in [0.25, 0.3) is 11.0 Å². The summed E-state index contributed by atoms with van der Waals surface area (Å²) in [7, 11) is 1.90. The van der Waals surface area contributed by atoms with Crippen LogP contribution >= 0.6 is 0 Å². The number of rotatable bonds is 8. The Morgan fingerprint density at radius 2 is 1.73 bits per heavy atom. The number of hydrogen-bond acceptors (Lipinski definition) is 9. The molecule has 2 aromatic heterocycles. The van der Waals surface area contributed by atoms with Crippen molar-refractivity contribution in [2.24, 2.45) is 5.92 Å². The summed E-state index contributed by atoms with van der Waals surface area (Å²) in [6.45, 7) is 13.1. The number of ether oxygens (including phenoxy) is 2. The van der Waals surface area contributed by atoms with Gasteiger partial charge in [0, 0.05) is 62.9 Å². The lowest BCUT2D eigenvalue weighted by molar-refractivity contribution is -0.139. The molecule has 3 aromatic rings. The van der Waals surface area contributed by atoms with E-state index in [1.54, 1.807) is 11.1 Å². The van der Waals surface area contributed by atoms with E-state index in [-0.39, 0.29) is 35.8 Å². The fraction of sp³-hybridized carbons (Fsp3) is 0.605. The van der Waals surface area contributed by atoms with Crippen LogP contribution in [0.4, 0.5) is 15.1 Å². The molecule has 0 bridgehead atoms. The molecule has 51 heavy (non-hydrogen) atoms. The van der Waals surface area contributed by atoms with Crippen molar-refractivity contribution >= 4 is 35.3 Å². The third-order valence-electron chi connectivity index (χ3n) is 9.86. The average molecular weight is 708 g/mol. The minimum atomic E-state index is -0.534. The van der Waals surface area contributed by atoms with Crippen LogP contribution in [0.3, 0.4) is 0 Å². The van der Waals surface area contributed by atoms with E-state index in [1.807, 2.05) is 45.7 Å². The number of carbonyl (C=O) groups is 3. The summed E-state index contributed by atoms with van der Waals surface area (Å²) in [5.41, 5.74) is 1.83. The molecule has 1 atom stereocenters. The highest BCUT2D eigenvalue weighted by Gasteiger charge is 2.36. The third kappa shape index (κ3) is 10.2. The van der Waals surface area contributed by atoms with Crippen molar-refractivity contribution < 1.29 is 28.2 Å². The Balaban J connectivity index is 0.000000488. The van der Waals surface area contributed by atoms with Gasteiger partial charge in [-0.15, -0.1) is 0 Å². The van der Waals surface area contributed by atoms with Crippen LogP contribution in [0.1, 0.15) is 89.0 Å². The van der Waals surface area contributed by atoms with E-state index in [0.717, 1.165) is 62.3 Å². The molecule has 0 spiro atoms. The van der Waals surface area contributed by atoms with Crippen LogP contribution in [-0.4, -0.2) is 112 Å². The van der Waals surface area contributed by atoms with Crippen molar-refractivity contribution in [3.63, 3.8) is 0 Å². The zero-order valence-electron chi connectivity index (χ0n) is 30.8. The lowest BCUT2D eigenvalue weighted by Gasteiger charge is -2.42. The summed E-state index contributed by atoms with van der Waals surface area (Å²) >= 11 is 0. The molecular weight excluding hydrogens is 653 g/mol. The number of halogens is 1. The van der Waals surface area contributed by atoms with Crippen molar-refractivity contribution in [3.05, 3.63) is 47.9 Å². The number of aldehydes is 1. The van der Waals surface area contributed by atoms with E-state index in [4.69, 9.17) is 14.5 Å². The van der Waals surface area contributed by atoms with Gasteiger partial charge in [-0.1, -0.05) is 6.42 Å². The Morgan fingerprint density at radius 3 is 2.35 bits per heavy atom. The number of nitrogens with zero attached hydrogens (tertiary/aromatic N) is 6. The highest BCUT2D eigenvalue weighted by Crippen LogP contribution is 2.38. The van der Waals surface area contributed by atoms with E-state index < -0.39 is 5.60 Å². The van der Waals surface area contributed by atoms with E-state index in [2.05, 4.69) is 19.8 Å². The zero-order valence-corrected chi connectivity index (χ0v) is 30.8. The summed E-state index contributed by atoms with van der Waals surface area (Å²) in [6.07, 6.45) is 9.51. The maximum absolute atomic E-state index is 13.5. The fourth-order valence-corrected chi connectivity index (χ4v) is 7.20. The number of pyridine rings is 1. The predicted octanol–water partition coefficient (Wildman–Crippen LogP) is 6.18. The first kappa shape index (κ1) is 38.0. The molecule has 1 aromatic carbocycles. The monoisotopic (exact) mass is 707 g/mol. The number of nitrogens with one attached hydrogen (secondary N) is 1. The topological polar surface area (TPSA) is 122 Å². The van der Waals surface area contributed by atoms with Gasteiger partial charge in [-0.2, -0.15) is 0 Å². The van der Waals surface area contributed by atoms with Crippen LogP contribution in [0.2, 0.25) is 0 Å². The molecule has 1 aliphatic carbocycles. The van der Waals surface area contributed by atoms with Gasteiger partial charge >= 0.3 is 6.09 Å². The number of aromatic nitrogens is 3. The quantitative estimate of drug-likeness (QED) is 0.274. The first-order valence-corrected chi connectivity index (χ1v) is 18.4. The van der Waals surface area contributed by atoms with Crippen molar-refractivity contribution in [2.45, 2.75) is 90.3 Å². The Bertz CT molecular complexity index is 1610. The first-order chi connectivity index (χ1) is 24.5. The van der Waals surface area contributed by atoms with Gasteiger partial charge in [-0.25, -0.2) is 19.2 Å². The molecule has 2 amide bonds. The Kier molecular flexibility index (Phi) is 12.9. The highest BCUT2D eigenvalue weighted by atomic mass is 19.1. The number of piperazine rings is 1. The summed E-state index contributed by atoms with van der Waals surface area (Å²) in [5.74, 6) is 1.35. The largest absolute Gasteiger partial charge is 0.476 e. The van der Waals surface area contributed by atoms with Gasteiger partial charge in [-0.3, -0.25) is 14.5 Å². The maximum atomic E-state index is 13.5. The molecule has 4 heterocycles. The SMILES string of the molecule is CNc1nc2cnc(OCCN3CCCCC3)cc2n1C1CCC(C(=O)N2CCN(C(=O)OC(C)(C)C)C(C)C2)CC1.O=Cc1ccc(F)cc1. The summed E-state index contributed by atoms with van der Waals surface area (Å²) < 4.78 is 26.0. The molecule has 1 unspecified atom stereocenters. The first-order valence-electron chi connectivity index (χ1n) is 18.4. The third-order valence-corrected chi connectivity index (χ3v) is 9.86. The standard InChI is InChI=1S/C31H49N7O4.C7H5FO/c1-22-21-36(15-16-37(22)30(40)42-31(2,3)4)28(39)23-9-11-24(12-10-23)38-26-19-27(33-20-25(26)34-29(38)32-5)41-18-17-35-13-7-6-8-14-35;8-7-3-1-6(5-9)2-4-7/h19-20,22-24H,6-18,21H2,1-5H3,(H,32,34);1-5H. The molecule has 1 saturated carbocycles. The van der Waals surface area contributed by atoms with Gasteiger partial charge in [0.25, 0.3) is 0 Å². The molecule has 2 aliphatic heterocycles. The van der Waals surface area contributed by atoms with Crippen LogP contribution in [0.15, 0.2) is 36.5 Å². The summed E-state index contributed by atoms with van der Waals surface area (Å²) in [5, 5.41) is 3.26. The van der Waals surface area contributed by atoms with E-state index in [9.17, 15) is 18.8 Å². The van der Waals surface area contributed by atoms with Crippen LogP contribution in [0, 0.1) is 11.7 Å². The van der Waals surface area contributed by atoms with Gasteiger partial charge in [0.1, 0.15) is 29.8 Å². The molecule has 3 fully saturated rings. The van der Waals surface area contributed by atoms with Gasteiger partial charge in [-0.05, 0) is 104 Å². The molecular formula is C38H54FN7O5. The van der Waals surface area contributed by atoms with E-state index in [1.165, 1.54) is 43.5 Å². The maximum Gasteiger partial charge on any atom is 0.410 e. The molecule has 1 N–H and O–H groups in total. The van der Waals surface area contributed by atoms with Crippen molar-refractivity contribution in [1.82, 2.24) is 29.2 Å². The normalized spacial score (nSPS) is 21.4. The fourth-order valence-electron chi connectivity index (χ4n) is 7.20. The van der Waals surface area contributed by atoms with E-state index >= 15 is 0 Å². The van der Waals surface area contributed by atoms with Gasteiger partial charge in [0.15, 0.2) is 0 Å².